The molecule has 0 aromatic carbocycles. The molecule has 0 saturated carbocycles. The summed E-state index contributed by atoms with van der Waals surface area (Å²) in [6, 6.07) is 1.53. The number of furan rings is 1. The largest absolute Gasteiger partial charge is 0.466 e. The van der Waals surface area contributed by atoms with Crippen LogP contribution in [0.1, 0.15) is 46.8 Å². The van der Waals surface area contributed by atoms with E-state index in [1.54, 1.807) is 18.5 Å². The van der Waals surface area contributed by atoms with Gasteiger partial charge in [-0.2, -0.15) is 9.40 Å². The number of sulfonamides is 1. The fourth-order valence-corrected chi connectivity index (χ4v) is 5.22. The number of carbonyl (C=O) groups is 1. The van der Waals surface area contributed by atoms with Gasteiger partial charge in [0.25, 0.3) is 0 Å². The number of methoxy groups -OCH3 is 1. The van der Waals surface area contributed by atoms with Gasteiger partial charge in [-0.05, 0) is 32.8 Å². The van der Waals surface area contributed by atoms with Crippen LogP contribution in [-0.4, -0.2) is 48.7 Å². The maximum absolute atomic E-state index is 13.0. The van der Waals surface area contributed by atoms with Crippen LogP contribution in [0.4, 0.5) is 0 Å². The zero-order chi connectivity index (χ0) is 18.9. The van der Waals surface area contributed by atoms with E-state index in [0.717, 1.165) is 19.3 Å². The summed E-state index contributed by atoms with van der Waals surface area (Å²) in [4.78, 5) is 12.0. The van der Waals surface area contributed by atoms with Crippen molar-refractivity contribution < 1.29 is 22.4 Å². The maximum Gasteiger partial charge on any atom is 0.341 e. The van der Waals surface area contributed by atoms with Crippen molar-refractivity contribution in [3.63, 3.8) is 0 Å². The minimum absolute atomic E-state index is 0.152. The van der Waals surface area contributed by atoms with E-state index in [2.05, 4.69) is 5.10 Å². The predicted molar refractivity (Wildman–Crippen MR) is 93.5 cm³/mol. The molecule has 9 heteroatoms. The van der Waals surface area contributed by atoms with Gasteiger partial charge in [0.05, 0.1) is 24.8 Å². The highest BCUT2D eigenvalue weighted by atomic mass is 32.2. The summed E-state index contributed by atoms with van der Waals surface area (Å²) in [6.45, 7) is 4.63. The number of hydrogen-bond donors (Lipinski definition) is 0. The predicted octanol–water partition coefficient (Wildman–Crippen LogP) is 2.10. The van der Waals surface area contributed by atoms with E-state index in [1.165, 1.54) is 23.7 Å². The van der Waals surface area contributed by atoms with Crippen LogP contribution < -0.4 is 0 Å². The lowest BCUT2D eigenvalue weighted by atomic mass is 10.2. The van der Waals surface area contributed by atoms with E-state index in [1.807, 2.05) is 0 Å². The zero-order valence-electron chi connectivity index (χ0n) is 15.2. The molecule has 3 rings (SSSR count). The Morgan fingerprint density at radius 3 is 2.62 bits per heavy atom. The molecule has 0 unspecified atom stereocenters. The normalized spacial score (nSPS) is 16.0. The molecule has 142 valence electrons. The second kappa shape index (κ2) is 7.24. The van der Waals surface area contributed by atoms with Crippen molar-refractivity contribution in [3.8, 4) is 0 Å². The highest BCUT2D eigenvalue weighted by molar-refractivity contribution is 7.89. The molecule has 0 spiro atoms. The number of aromatic nitrogens is 2. The third-order valence-electron chi connectivity index (χ3n) is 4.67. The summed E-state index contributed by atoms with van der Waals surface area (Å²) in [5, 5.41) is 4.37. The molecule has 1 aliphatic rings. The minimum Gasteiger partial charge on any atom is -0.466 e. The van der Waals surface area contributed by atoms with Crippen LogP contribution in [0.3, 0.4) is 0 Å². The summed E-state index contributed by atoms with van der Waals surface area (Å²) in [7, 11) is -2.29. The van der Waals surface area contributed by atoms with Crippen molar-refractivity contribution in [1.82, 2.24) is 14.1 Å². The molecule has 0 atom stereocenters. The summed E-state index contributed by atoms with van der Waals surface area (Å²) in [6.07, 6.45) is 4.21. The van der Waals surface area contributed by atoms with Gasteiger partial charge in [0, 0.05) is 13.1 Å². The Kier molecular flexibility index (Phi) is 5.19. The monoisotopic (exact) mass is 381 g/mol. The summed E-state index contributed by atoms with van der Waals surface area (Å²) in [5.41, 5.74) is 1.28. The first-order chi connectivity index (χ1) is 12.4. The Morgan fingerprint density at radius 1 is 1.27 bits per heavy atom. The van der Waals surface area contributed by atoms with E-state index < -0.39 is 16.0 Å². The summed E-state index contributed by atoms with van der Waals surface area (Å²) < 4.78 is 39.3. The Hall–Kier alpha value is -2.13. The number of hydrogen-bond acceptors (Lipinski definition) is 6. The van der Waals surface area contributed by atoms with Crippen molar-refractivity contribution in [3.05, 3.63) is 35.0 Å². The van der Waals surface area contributed by atoms with Crippen LogP contribution in [0.2, 0.25) is 0 Å². The molecule has 0 N–H and O–H groups in total. The average molecular weight is 381 g/mol. The molecule has 0 radical (unpaired) electrons. The zero-order valence-corrected chi connectivity index (χ0v) is 16.0. The Labute approximate surface area is 152 Å². The number of carbonyl (C=O) groups excluding carboxylic acids is 1. The maximum atomic E-state index is 13.0. The lowest BCUT2D eigenvalue weighted by Gasteiger charge is -2.25. The van der Waals surface area contributed by atoms with E-state index >= 15 is 0 Å². The van der Waals surface area contributed by atoms with Gasteiger partial charge in [-0.15, -0.1) is 0 Å². The molecular weight excluding hydrogens is 358 g/mol. The molecular formula is C17H23N3O5S. The van der Waals surface area contributed by atoms with E-state index in [-0.39, 0.29) is 11.4 Å². The Morgan fingerprint density at radius 2 is 1.96 bits per heavy atom. The Bertz CT molecular complexity index is 907. The van der Waals surface area contributed by atoms with Crippen molar-refractivity contribution in [2.75, 3.05) is 20.2 Å². The van der Waals surface area contributed by atoms with Gasteiger partial charge in [-0.1, -0.05) is 6.42 Å². The van der Waals surface area contributed by atoms with Gasteiger partial charge in [-0.3, -0.25) is 4.68 Å². The van der Waals surface area contributed by atoms with Crippen LogP contribution in [0.25, 0.3) is 0 Å². The van der Waals surface area contributed by atoms with Gasteiger partial charge in [0.1, 0.15) is 22.8 Å². The van der Waals surface area contributed by atoms with Gasteiger partial charge in [-0.25, -0.2) is 13.2 Å². The molecule has 0 aliphatic carbocycles. The molecule has 1 aliphatic heterocycles. The fraction of sp³-hybridized carbons (Fsp3) is 0.529. The molecule has 0 bridgehead atoms. The van der Waals surface area contributed by atoms with E-state index in [0.29, 0.717) is 35.8 Å². The lowest BCUT2D eigenvalue weighted by Crippen LogP contribution is -2.36. The third-order valence-corrected chi connectivity index (χ3v) is 6.82. The summed E-state index contributed by atoms with van der Waals surface area (Å²) in [5.74, 6) is -0.124. The smallest absolute Gasteiger partial charge is 0.341 e. The van der Waals surface area contributed by atoms with Crippen molar-refractivity contribution >= 4 is 16.0 Å². The highest BCUT2D eigenvalue weighted by Gasteiger charge is 2.32. The van der Waals surface area contributed by atoms with Crippen molar-refractivity contribution in [2.24, 2.45) is 0 Å². The first-order valence-electron chi connectivity index (χ1n) is 8.55. The molecule has 1 saturated heterocycles. The molecule has 0 amide bonds. The number of piperidine rings is 1. The molecule has 8 nitrogen and oxygen atoms in total. The number of rotatable bonds is 5. The van der Waals surface area contributed by atoms with Gasteiger partial charge in [0.2, 0.25) is 10.0 Å². The number of ether oxygens (including phenoxy) is 1. The van der Waals surface area contributed by atoms with E-state index in [9.17, 15) is 13.2 Å². The van der Waals surface area contributed by atoms with Gasteiger partial charge >= 0.3 is 5.97 Å². The molecule has 26 heavy (non-hydrogen) atoms. The van der Waals surface area contributed by atoms with Crippen molar-refractivity contribution in [1.29, 1.82) is 0 Å². The standard InChI is InChI=1S/C17H23N3O5S/c1-12-16(26(22,23)19-8-5-4-6-9-19)13(2)20(18-12)11-15-14(7-10-25-15)17(21)24-3/h7,10H,4-6,8-9,11H2,1-3H3. The lowest BCUT2D eigenvalue weighted by molar-refractivity contribution is 0.0598. The molecule has 3 heterocycles. The number of esters is 1. The van der Waals surface area contributed by atoms with E-state index in [4.69, 9.17) is 9.15 Å². The van der Waals surface area contributed by atoms with Gasteiger partial charge in [0.15, 0.2) is 0 Å². The SMILES string of the molecule is COC(=O)c1ccoc1Cn1nc(C)c(S(=O)(=O)N2CCCCC2)c1C. The van der Waals surface area contributed by atoms with Crippen molar-refractivity contribution in [2.45, 2.75) is 44.6 Å². The second-order valence-electron chi connectivity index (χ2n) is 6.37. The Balaban J connectivity index is 1.94. The fourth-order valence-electron chi connectivity index (χ4n) is 3.33. The van der Waals surface area contributed by atoms with Crippen LogP contribution >= 0.6 is 0 Å². The number of aryl methyl sites for hydroxylation is 1. The van der Waals surface area contributed by atoms with Crippen LogP contribution in [0.5, 0.6) is 0 Å². The summed E-state index contributed by atoms with van der Waals surface area (Å²) >= 11 is 0. The topological polar surface area (TPSA) is 94.6 Å². The quantitative estimate of drug-likeness (QED) is 0.736. The van der Waals surface area contributed by atoms with Crippen LogP contribution in [0.15, 0.2) is 21.6 Å². The van der Waals surface area contributed by atoms with Crippen LogP contribution in [0, 0.1) is 13.8 Å². The number of nitrogens with zero attached hydrogens (tertiary/aromatic N) is 3. The van der Waals surface area contributed by atoms with Gasteiger partial charge < -0.3 is 9.15 Å². The average Bonchev–Trinajstić information content (AvgIpc) is 3.20. The molecule has 1 fully saturated rings. The minimum atomic E-state index is -3.58. The molecule has 2 aromatic rings. The second-order valence-corrected chi connectivity index (χ2v) is 8.25. The third kappa shape index (κ3) is 3.28. The highest BCUT2D eigenvalue weighted by Crippen LogP contribution is 2.27. The van der Waals surface area contributed by atoms with Crippen LogP contribution in [-0.2, 0) is 21.3 Å². The first kappa shape index (κ1) is 18.7. The first-order valence-corrected chi connectivity index (χ1v) is 9.99. The molecule has 2 aromatic heterocycles.